The Morgan fingerprint density at radius 3 is 2.79 bits per heavy atom. The first kappa shape index (κ1) is 18.1. The highest BCUT2D eigenvalue weighted by molar-refractivity contribution is 7.14. The van der Waals surface area contributed by atoms with Gasteiger partial charge in [-0.3, -0.25) is 9.59 Å². The average molecular weight is 347 g/mol. The van der Waals surface area contributed by atoms with Crippen LogP contribution in [0.5, 0.6) is 0 Å². The number of rotatable bonds is 9. The Morgan fingerprint density at radius 2 is 2.04 bits per heavy atom. The van der Waals surface area contributed by atoms with Gasteiger partial charge < -0.3 is 15.4 Å². The molecule has 2 rings (SSSR count). The van der Waals surface area contributed by atoms with Crippen LogP contribution >= 0.6 is 11.3 Å². The Labute approximate surface area is 145 Å². The molecule has 0 saturated carbocycles. The van der Waals surface area contributed by atoms with Gasteiger partial charge >= 0.3 is 0 Å². The monoisotopic (exact) mass is 347 g/mol. The van der Waals surface area contributed by atoms with Crippen molar-refractivity contribution in [3.8, 4) is 0 Å². The fourth-order valence-corrected chi connectivity index (χ4v) is 2.74. The van der Waals surface area contributed by atoms with Crippen LogP contribution in [0.1, 0.15) is 28.9 Å². The van der Waals surface area contributed by atoms with E-state index in [0.717, 1.165) is 12.0 Å². The molecule has 0 spiro atoms. The molecule has 0 radical (unpaired) electrons. The van der Waals surface area contributed by atoms with Gasteiger partial charge in [0.2, 0.25) is 5.91 Å². The summed E-state index contributed by atoms with van der Waals surface area (Å²) >= 11 is 1.24. The van der Waals surface area contributed by atoms with Gasteiger partial charge in [0.25, 0.3) is 5.91 Å². The molecule has 6 nitrogen and oxygen atoms in total. The van der Waals surface area contributed by atoms with E-state index in [0.29, 0.717) is 36.8 Å². The van der Waals surface area contributed by atoms with Crippen molar-refractivity contribution in [3.05, 3.63) is 47.0 Å². The molecule has 0 fully saturated rings. The first-order valence-corrected chi connectivity index (χ1v) is 8.63. The number of anilines is 1. The van der Waals surface area contributed by atoms with Crippen molar-refractivity contribution in [1.82, 2.24) is 10.3 Å². The van der Waals surface area contributed by atoms with Crippen LogP contribution in [0.25, 0.3) is 0 Å². The number of ether oxygens (including phenoxy) is 1. The Kier molecular flexibility index (Phi) is 7.38. The molecule has 0 aliphatic rings. The zero-order valence-corrected chi connectivity index (χ0v) is 14.4. The quantitative estimate of drug-likeness (QED) is 0.683. The summed E-state index contributed by atoms with van der Waals surface area (Å²) in [4.78, 5) is 28.0. The molecule has 0 atom stereocenters. The third kappa shape index (κ3) is 6.10. The zero-order valence-electron chi connectivity index (χ0n) is 13.6. The minimum absolute atomic E-state index is 0.111. The van der Waals surface area contributed by atoms with Gasteiger partial charge in [0, 0.05) is 32.1 Å². The van der Waals surface area contributed by atoms with E-state index < -0.39 is 0 Å². The van der Waals surface area contributed by atoms with Gasteiger partial charge in [-0.05, 0) is 18.4 Å². The minimum Gasteiger partial charge on any atom is -0.385 e. The predicted molar refractivity (Wildman–Crippen MR) is 94.3 cm³/mol. The first-order chi connectivity index (χ1) is 11.7. The summed E-state index contributed by atoms with van der Waals surface area (Å²) in [7, 11) is 1.62. The summed E-state index contributed by atoms with van der Waals surface area (Å²) in [5.74, 6) is -0.354. The topological polar surface area (TPSA) is 80.3 Å². The summed E-state index contributed by atoms with van der Waals surface area (Å²) in [6.07, 6.45) is 1.79. The van der Waals surface area contributed by atoms with E-state index in [9.17, 15) is 9.59 Å². The van der Waals surface area contributed by atoms with Crippen LogP contribution in [-0.4, -0.2) is 37.1 Å². The van der Waals surface area contributed by atoms with E-state index in [1.165, 1.54) is 11.3 Å². The fourth-order valence-electron chi connectivity index (χ4n) is 2.03. The third-order valence-corrected chi connectivity index (χ3v) is 4.04. The van der Waals surface area contributed by atoms with Crippen molar-refractivity contribution >= 4 is 28.3 Å². The molecule has 0 bridgehead atoms. The molecule has 0 aliphatic carbocycles. The Bertz CT molecular complexity index is 658. The van der Waals surface area contributed by atoms with E-state index in [1.807, 2.05) is 30.3 Å². The highest BCUT2D eigenvalue weighted by Gasteiger charge is 2.12. The number of nitrogens with zero attached hydrogens (tertiary/aromatic N) is 1. The van der Waals surface area contributed by atoms with E-state index >= 15 is 0 Å². The molecule has 128 valence electrons. The molecule has 1 aromatic carbocycles. The zero-order chi connectivity index (χ0) is 17.2. The highest BCUT2D eigenvalue weighted by atomic mass is 32.1. The van der Waals surface area contributed by atoms with Crippen molar-refractivity contribution in [2.45, 2.75) is 19.3 Å². The molecule has 0 saturated heterocycles. The van der Waals surface area contributed by atoms with Gasteiger partial charge in [-0.15, -0.1) is 11.3 Å². The fraction of sp³-hybridized carbons (Fsp3) is 0.353. The lowest BCUT2D eigenvalue weighted by Gasteiger charge is -2.03. The second-order valence-corrected chi connectivity index (χ2v) is 6.03. The number of carbonyl (C=O) groups is 2. The molecule has 1 aromatic heterocycles. The molecule has 0 aliphatic heterocycles. The largest absolute Gasteiger partial charge is 0.385 e. The minimum atomic E-state index is -0.243. The maximum Gasteiger partial charge on any atom is 0.270 e. The van der Waals surface area contributed by atoms with E-state index in [1.54, 1.807) is 12.5 Å². The number of benzene rings is 1. The van der Waals surface area contributed by atoms with Gasteiger partial charge in [-0.1, -0.05) is 30.3 Å². The normalized spacial score (nSPS) is 10.4. The molecule has 0 unspecified atom stereocenters. The van der Waals surface area contributed by atoms with Crippen molar-refractivity contribution in [2.24, 2.45) is 0 Å². The van der Waals surface area contributed by atoms with Crippen molar-refractivity contribution in [3.63, 3.8) is 0 Å². The van der Waals surface area contributed by atoms with E-state index in [-0.39, 0.29) is 11.8 Å². The Hall–Kier alpha value is -2.25. The van der Waals surface area contributed by atoms with Crippen molar-refractivity contribution < 1.29 is 14.3 Å². The standard InChI is InChI=1S/C17H21N3O3S/c1-23-11-5-10-18-16(22)14-12-24-17(19-14)20-15(21)9-8-13-6-3-2-4-7-13/h2-4,6-7,12H,5,8-11H2,1H3,(H,18,22)(H,19,20,21). The van der Waals surface area contributed by atoms with Gasteiger partial charge in [-0.25, -0.2) is 4.98 Å². The van der Waals surface area contributed by atoms with Crippen LogP contribution in [-0.2, 0) is 16.0 Å². The van der Waals surface area contributed by atoms with Crippen molar-refractivity contribution in [1.29, 1.82) is 0 Å². The summed E-state index contributed by atoms with van der Waals surface area (Å²) in [6, 6.07) is 9.82. The maximum atomic E-state index is 11.9. The number of aromatic nitrogens is 1. The first-order valence-electron chi connectivity index (χ1n) is 7.75. The van der Waals surface area contributed by atoms with E-state index in [4.69, 9.17) is 4.74 Å². The number of hydrogen-bond donors (Lipinski definition) is 2. The number of methoxy groups -OCH3 is 1. The number of carbonyl (C=O) groups excluding carboxylic acids is 2. The number of aryl methyl sites for hydroxylation is 1. The third-order valence-electron chi connectivity index (χ3n) is 3.28. The Balaban J connectivity index is 1.76. The summed E-state index contributed by atoms with van der Waals surface area (Å²) in [6.45, 7) is 1.13. The second kappa shape index (κ2) is 9.79. The SMILES string of the molecule is COCCCNC(=O)c1csc(NC(=O)CCc2ccccc2)n1. The summed E-state index contributed by atoms with van der Waals surface area (Å²) < 4.78 is 4.92. The van der Waals surface area contributed by atoms with Crippen LogP contribution in [0.2, 0.25) is 0 Å². The van der Waals surface area contributed by atoms with E-state index in [2.05, 4.69) is 15.6 Å². The van der Waals surface area contributed by atoms with Crippen LogP contribution in [0.4, 0.5) is 5.13 Å². The lowest BCUT2D eigenvalue weighted by molar-refractivity contribution is -0.116. The number of thiazole rings is 1. The number of nitrogens with one attached hydrogen (secondary N) is 2. The number of hydrogen-bond acceptors (Lipinski definition) is 5. The molecule has 2 amide bonds. The second-order valence-electron chi connectivity index (χ2n) is 5.17. The van der Waals surface area contributed by atoms with Crippen LogP contribution in [0.3, 0.4) is 0 Å². The molecule has 2 aromatic rings. The molecular formula is C17H21N3O3S. The molecular weight excluding hydrogens is 326 g/mol. The van der Waals surface area contributed by atoms with Gasteiger partial charge in [-0.2, -0.15) is 0 Å². The lowest BCUT2D eigenvalue weighted by atomic mass is 10.1. The predicted octanol–water partition coefficient (Wildman–Crippen LogP) is 2.48. The van der Waals surface area contributed by atoms with Crippen LogP contribution < -0.4 is 10.6 Å². The smallest absolute Gasteiger partial charge is 0.270 e. The Morgan fingerprint density at radius 1 is 1.25 bits per heavy atom. The molecule has 7 heteroatoms. The van der Waals surface area contributed by atoms with Crippen molar-refractivity contribution in [2.75, 3.05) is 25.6 Å². The average Bonchev–Trinajstić information content (AvgIpc) is 3.06. The summed E-state index contributed by atoms with van der Waals surface area (Å²) in [5.41, 5.74) is 1.43. The van der Waals surface area contributed by atoms with Gasteiger partial charge in [0.05, 0.1) is 0 Å². The maximum absolute atomic E-state index is 11.9. The summed E-state index contributed by atoms with van der Waals surface area (Å²) in [5, 5.41) is 7.57. The van der Waals surface area contributed by atoms with Gasteiger partial charge in [0.1, 0.15) is 5.69 Å². The van der Waals surface area contributed by atoms with Crippen LogP contribution in [0, 0.1) is 0 Å². The lowest BCUT2D eigenvalue weighted by Crippen LogP contribution is -2.25. The molecule has 1 heterocycles. The van der Waals surface area contributed by atoms with Gasteiger partial charge in [0.15, 0.2) is 5.13 Å². The molecule has 2 N–H and O–H groups in total. The van der Waals surface area contributed by atoms with Crippen LogP contribution in [0.15, 0.2) is 35.7 Å². The number of amides is 2. The molecule has 24 heavy (non-hydrogen) atoms. The highest BCUT2D eigenvalue weighted by Crippen LogP contribution is 2.16.